The summed E-state index contributed by atoms with van der Waals surface area (Å²) in [6.45, 7) is 0.0188. The first kappa shape index (κ1) is 9.81. The first-order valence-electron chi connectivity index (χ1n) is 2.50. The highest BCUT2D eigenvalue weighted by molar-refractivity contribution is 8.02. The molecule has 10 heavy (non-hydrogen) atoms. The molecule has 0 aliphatic carbocycles. The van der Waals surface area contributed by atoms with Gasteiger partial charge in [0, 0.05) is 5.75 Å². The van der Waals surface area contributed by atoms with Crippen molar-refractivity contribution in [3.05, 3.63) is 10.4 Å². The molecule has 0 unspecified atom stereocenters. The summed E-state index contributed by atoms with van der Waals surface area (Å²) in [4.78, 5) is 10.0. The first-order chi connectivity index (χ1) is 4.68. The zero-order chi connectivity index (χ0) is 7.98. The molecule has 2 N–H and O–H groups in total. The summed E-state index contributed by atoms with van der Waals surface area (Å²) in [5.41, 5.74) is 0. The number of aliphatic hydroxyl groups is 1. The van der Waals surface area contributed by atoms with Crippen LogP contribution in [0.4, 0.5) is 0 Å². The summed E-state index contributed by atoms with van der Waals surface area (Å²) in [5.74, 6) is -0.684. The van der Waals surface area contributed by atoms with E-state index in [4.69, 9.17) is 21.8 Å². The van der Waals surface area contributed by atoms with Gasteiger partial charge in [-0.2, -0.15) is 0 Å². The van der Waals surface area contributed by atoms with Crippen molar-refractivity contribution in [2.45, 2.75) is 0 Å². The van der Waals surface area contributed by atoms with Gasteiger partial charge in [-0.25, -0.2) is 4.79 Å². The maximum absolute atomic E-state index is 10.0. The van der Waals surface area contributed by atoms with E-state index in [1.807, 2.05) is 0 Å². The Hall–Kier alpha value is -0.190. The van der Waals surface area contributed by atoms with Gasteiger partial charge in [0.1, 0.15) is 5.03 Å². The lowest BCUT2D eigenvalue weighted by Crippen LogP contribution is -1.92. The number of carboxylic acids is 1. The standard InChI is InChI=1S/C5H7ClO3S/c6-4(5(8)9)3-10-2-1-7/h3,7H,1-2H2,(H,8,9). The number of carboxylic acid groups (broad SMARTS) is 1. The van der Waals surface area contributed by atoms with Crippen molar-refractivity contribution in [2.24, 2.45) is 0 Å². The molecule has 0 bridgehead atoms. The molecule has 0 saturated heterocycles. The number of rotatable bonds is 4. The Balaban J connectivity index is 3.58. The number of halogens is 1. The maximum atomic E-state index is 10.0. The van der Waals surface area contributed by atoms with E-state index in [9.17, 15) is 4.79 Å². The van der Waals surface area contributed by atoms with Crippen molar-refractivity contribution in [1.82, 2.24) is 0 Å². The molecule has 0 aliphatic heterocycles. The minimum absolute atomic E-state index is 0.0188. The third-order valence-electron chi connectivity index (χ3n) is 0.600. The lowest BCUT2D eigenvalue weighted by atomic mass is 10.7. The van der Waals surface area contributed by atoms with Crippen LogP contribution in [0.1, 0.15) is 0 Å². The van der Waals surface area contributed by atoms with Crippen LogP contribution in [0, 0.1) is 0 Å². The van der Waals surface area contributed by atoms with Gasteiger partial charge in [0.05, 0.1) is 6.61 Å². The van der Waals surface area contributed by atoms with Crippen LogP contribution >= 0.6 is 23.4 Å². The molecule has 0 spiro atoms. The highest BCUT2D eigenvalue weighted by Crippen LogP contribution is 2.09. The average Bonchev–Trinajstić information content (AvgIpc) is 1.88. The Kier molecular flexibility index (Phi) is 5.48. The molecule has 0 aromatic rings. The fraction of sp³-hybridized carbons (Fsp3) is 0.400. The predicted octanol–water partition coefficient (Wildman–Crippen LogP) is 0.877. The Morgan fingerprint density at radius 2 is 2.30 bits per heavy atom. The largest absolute Gasteiger partial charge is 0.477 e. The maximum Gasteiger partial charge on any atom is 0.347 e. The normalized spacial score (nSPS) is 11.6. The van der Waals surface area contributed by atoms with E-state index in [0.717, 1.165) is 11.8 Å². The molecule has 58 valence electrons. The van der Waals surface area contributed by atoms with Gasteiger partial charge >= 0.3 is 5.97 Å². The third-order valence-corrected chi connectivity index (χ3v) is 1.82. The average molecular weight is 183 g/mol. The minimum Gasteiger partial charge on any atom is -0.477 e. The first-order valence-corrected chi connectivity index (χ1v) is 3.92. The monoisotopic (exact) mass is 182 g/mol. The molecule has 0 rings (SSSR count). The van der Waals surface area contributed by atoms with Crippen LogP contribution in [0.25, 0.3) is 0 Å². The highest BCUT2D eigenvalue weighted by atomic mass is 35.5. The molecule has 0 atom stereocenters. The van der Waals surface area contributed by atoms with E-state index in [1.165, 1.54) is 5.41 Å². The van der Waals surface area contributed by atoms with Crippen molar-refractivity contribution < 1.29 is 15.0 Å². The lowest BCUT2D eigenvalue weighted by molar-refractivity contribution is -0.131. The van der Waals surface area contributed by atoms with Gasteiger partial charge in [0.2, 0.25) is 0 Å². The summed E-state index contributed by atoms with van der Waals surface area (Å²) >= 11 is 6.38. The fourth-order valence-corrected chi connectivity index (χ4v) is 0.895. The quantitative estimate of drug-likeness (QED) is 0.501. The van der Waals surface area contributed by atoms with Gasteiger partial charge in [0.15, 0.2) is 0 Å². The second-order valence-corrected chi connectivity index (χ2v) is 2.75. The molecule has 0 fully saturated rings. The Bertz CT molecular complexity index is 146. The van der Waals surface area contributed by atoms with Crippen LogP contribution in [-0.4, -0.2) is 28.5 Å². The number of carbonyl (C=O) groups is 1. The highest BCUT2D eigenvalue weighted by Gasteiger charge is 2.00. The molecule has 3 nitrogen and oxygen atoms in total. The van der Waals surface area contributed by atoms with Crippen molar-refractivity contribution >= 4 is 29.3 Å². The predicted molar refractivity (Wildman–Crippen MR) is 41.1 cm³/mol. The van der Waals surface area contributed by atoms with Crippen LogP contribution < -0.4 is 0 Å². The van der Waals surface area contributed by atoms with Gasteiger partial charge in [-0.15, -0.1) is 11.8 Å². The number of aliphatic carboxylic acids is 1. The molecule has 0 amide bonds. The number of hydrogen-bond acceptors (Lipinski definition) is 3. The van der Waals surface area contributed by atoms with Gasteiger partial charge in [-0.05, 0) is 5.41 Å². The molecule has 0 aromatic heterocycles. The SMILES string of the molecule is O=C(O)C(Cl)=CSCCO. The molecule has 0 aromatic carbocycles. The number of aliphatic hydroxyl groups excluding tert-OH is 1. The summed E-state index contributed by atoms with van der Waals surface area (Å²) in [5, 5.41) is 17.6. The second kappa shape index (κ2) is 5.58. The van der Waals surface area contributed by atoms with E-state index in [-0.39, 0.29) is 11.6 Å². The summed E-state index contributed by atoms with van der Waals surface area (Å²) in [7, 11) is 0. The molecule has 0 saturated carbocycles. The molecule has 5 heteroatoms. The summed E-state index contributed by atoms with van der Waals surface area (Å²) in [6.07, 6.45) is 0. The Morgan fingerprint density at radius 1 is 1.70 bits per heavy atom. The van der Waals surface area contributed by atoms with Crippen molar-refractivity contribution in [2.75, 3.05) is 12.4 Å². The zero-order valence-electron chi connectivity index (χ0n) is 5.08. The van der Waals surface area contributed by atoms with Gasteiger partial charge in [-0.1, -0.05) is 11.6 Å². The second-order valence-electron chi connectivity index (χ2n) is 1.37. The van der Waals surface area contributed by atoms with Crippen LogP contribution in [0.3, 0.4) is 0 Å². The van der Waals surface area contributed by atoms with E-state index >= 15 is 0 Å². The van der Waals surface area contributed by atoms with E-state index in [1.54, 1.807) is 0 Å². The van der Waals surface area contributed by atoms with Crippen molar-refractivity contribution in [3.63, 3.8) is 0 Å². The Morgan fingerprint density at radius 3 is 2.70 bits per heavy atom. The topological polar surface area (TPSA) is 57.5 Å². The van der Waals surface area contributed by atoms with Crippen LogP contribution in [0.5, 0.6) is 0 Å². The van der Waals surface area contributed by atoms with Crippen molar-refractivity contribution in [1.29, 1.82) is 0 Å². The molecular formula is C5H7ClO3S. The van der Waals surface area contributed by atoms with Crippen LogP contribution in [0.15, 0.2) is 10.4 Å². The third kappa shape index (κ3) is 4.67. The van der Waals surface area contributed by atoms with Crippen molar-refractivity contribution in [3.8, 4) is 0 Å². The van der Waals surface area contributed by atoms with E-state index in [0.29, 0.717) is 5.75 Å². The summed E-state index contributed by atoms with van der Waals surface area (Å²) in [6, 6.07) is 0. The van der Waals surface area contributed by atoms with E-state index in [2.05, 4.69) is 0 Å². The van der Waals surface area contributed by atoms with Crippen LogP contribution in [-0.2, 0) is 4.79 Å². The zero-order valence-corrected chi connectivity index (χ0v) is 6.65. The van der Waals surface area contributed by atoms with Gasteiger partial charge in [0.25, 0.3) is 0 Å². The summed E-state index contributed by atoms with van der Waals surface area (Å²) < 4.78 is 0. The molecule has 0 radical (unpaired) electrons. The van der Waals surface area contributed by atoms with Gasteiger partial charge in [-0.3, -0.25) is 0 Å². The van der Waals surface area contributed by atoms with E-state index < -0.39 is 5.97 Å². The smallest absolute Gasteiger partial charge is 0.347 e. The minimum atomic E-state index is -1.15. The lowest BCUT2D eigenvalue weighted by Gasteiger charge is -1.89. The van der Waals surface area contributed by atoms with Gasteiger partial charge < -0.3 is 10.2 Å². The number of hydrogen-bond donors (Lipinski definition) is 2. The number of thioether (sulfide) groups is 1. The fourth-order valence-electron chi connectivity index (χ4n) is 0.235. The Labute approximate surface area is 67.7 Å². The molecule has 0 heterocycles. The molecule has 0 aliphatic rings. The van der Waals surface area contributed by atoms with Crippen LogP contribution in [0.2, 0.25) is 0 Å². The molecular weight excluding hydrogens is 176 g/mol.